The number of esters is 1. The van der Waals surface area contributed by atoms with E-state index in [1.54, 1.807) is 30.5 Å². The smallest absolute Gasteiger partial charge is 0.338 e. The Morgan fingerprint density at radius 1 is 1.09 bits per heavy atom. The minimum atomic E-state index is -0.352. The second-order valence-electron chi connectivity index (χ2n) is 7.82. The van der Waals surface area contributed by atoms with Crippen LogP contribution in [0.3, 0.4) is 0 Å². The summed E-state index contributed by atoms with van der Waals surface area (Å²) in [7, 11) is 0. The van der Waals surface area contributed by atoms with E-state index in [2.05, 4.69) is 15.8 Å². The van der Waals surface area contributed by atoms with Gasteiger partial charge in [-0.1, -0.05) is 0 Å². The first-order valence-electron chi connectivity index (χ1n) is 10.6. The summed E-state index contributed by atoms with van der Waals surface area (Å²) in [6.45, 7) is 7.55. The maximum Gasteiger partial charge on any atom is 0.338 e. The third-order valence-electron chi connectivity index (χ3n) is 4.86. The van der Waals surface area contributed by atoms with Gasteiger partial charge in [-0.05, 0) is 82.3 Å². The average molecular weight is 451 g/mol. The Labute approximate surface area is 192 Å². The highest BCUT2D eigenvalue weighted by Gasteiger charge is 2.12. The molecule has 172 valence electrons. The monoisotopic (exact) mass is 450 g/mol. The van der Waals surface area contributed by atoms with Gasteiger partial charge in [0, 0.05) is 28.3 Å². The summed E-state index contributed by atoms with van der Waals surface area (Å²) in [5.41, 5.74) is 7.28. The minimum absolute atomic E-state index is 0.00753. The molecule has 7 nitrogen and oxygen atoms in total. The minimum Gasteiger partial charge on any atom is -0.459 e. The van der Waals surface area contributed by atoms with Crippen LogP contribution in [0.1, 0.15) is 41.2 Å². The molecule has 0 saturated carbocycles. The lowest BCUT2D eigenvalue weighted by atomic mass is 10.2. The van der Waals surface area contributed by atoms with Gasteiger partial charge in [0.05, 0.1) is 24.4 Å². The number of hydrogen-bond donors (Lipinski definition) is 2. The molecule has 0 aliphatic carbocycles. The molecule has 0 fully saturated rings. The standard InChI is InChI=1S/C25H27FN4O3/c1-16(2)33-25(32)19-5-11-23(12-6-19)30-17(3)13-20(18(30)4)14-28-29-24(31)15-27-22-9-7-21(26)8-10-22/h5-14,16,27H,15H2,1-4H3,(H,29,31)/b28-14-. The molecule has 0 saturated heterocycles. The number of nitrogens with one attached hydrogen (secondary N) is 2. The van der Waals surface area contributed by atoms with Crippen LogP contribution in [0, 0.1) is 19.7 Å². The SMILES string of the molecule is Cc1cc(/C=N\NC(=O)CNc2ccc(F)cc2)c(C)n1-c1ccc(C(=O)OC(C)C)cc1. The van der Waals surface area contributed by atoms with Crippen molar-refractivity contribution in [3.63, 3.8) is 0 Å². The highest BCUT2D eigenvalue weighted by Crippen LogP contribution is 2.20. The van der Waals surface area contributed by atoms with E-state index in [9.17, 15) is 14.0 Å². The molecular weight excluding hydrogens is 423 g/mol. The first kappa shape index (κ1) is 23.7. The molecule has 0 atom stereocenters. The van der Waals surface area contributed by atoms with Gasteiger partial charge in [0.15, 0.2) is 0 Å². The molecule has 2 aromatic carbocycles. The van der Waals surface area contributed by atoms with E-state index in [1.165, 1.54) is 12.1 Å². The van der Waals surface area contributed by atoms with E-state index < -0.39 is 0 Å². The number of benzene rings is 2. The van der Waals surface area contributed by atoms with Gasteiger partial charge in [-0.15, -0.1) is 0 Å². The second kappa shape index (κ2) is 10.6. The number of amides is 1. The molecule has 33 heavy (non-hydrogen) atoms. The van der Waals surface area contributed by atoms with E-state index in [4.69, 9.17) is 4.74 Å². The third-order valence-corrected chi connectivity index (χ3v) is 4.86. The largest absolute Gasteiger partial charge is 0.459 e. The van der Waals surface area contributed by atoms with Crippen LogP contribution in [0.5, 0.6) is 0 Å². The van der Waals surface area contributed by atoms with Crippen molar-refractivity contribution in [2.75, 3.05) is 11.9 Å². The lowest BCUT2D eigenvalue weighted by molar-refractivity contribution is -0.119. The summed E-state index contributed by atoms with van der Waals surface area (Å²) in [4.78, 5) is 24.1. The highest BCUT2D eigenvalue weighted by atomic mass is 19.1. The van der Waals surface area contributed by atoms with Crippen molar-refractivity contribution in [3.8, 4) is 5.69 Å². The number of hydrazone groups is 1. The molecule has 0 radical (unpaired) electrons. The predicted molar refractivity (Wildman–Crippen MR) is 126 cm³/mol. The van der Waals surface area contributed by atoms with Gasteiger partial charge in [-0.2, -0.15) is 5.10 Å². The topological polar surface area (TPSA) is 84.7 Å². The summed E-state index contributed by atoms with van der Waals surface area (Å²) >= 11 is 0. The molecule has 8 heteroatoms. The van der Waals surface area contributed by atoms with Gasteiger partial charge in [-0.25, -0.2) is 14.6 Å². The van der Waals surface area contributed by atoms with Gasteiger partial charge in [-0.3, -0.25) is 4.79 Å². The Balaban J connectivity index is 1.62. The molecule has 0 spiro atoms. The maximum atomic E-state index is 12.9. The Kier molecular flexibility index (Phi) is 7.61. The molecule has 2 N–H and O–H groups in total. The second-order valence-corrected chi connectivity index (χ2v) is 7.82. The zero-order valence-electron chi connectivity index (χ0n) is 19.1. The van der Waals surface area contributed by atoms with Gasteiger partial charge < -0.3 is 14.6 Å². The quantitative estimate of drug-likeness (QED) is 0.303. The van der Waals surface area contributed by atoms with Gasteiger partial charge in [0.25, 0.3) is 5.91 Å². The predicted octanol–water partition coefficient (Wildman–Crippen LogP) is 4.36. The summed E-state index contributed by atoms with van der Waals surface area (Å²) in [6.07, 6.45) is 1.41. The van der Waals surface area contributed by atoms with E-state index >= 15 is 0 Å². The zero-order valence-corrected chi connectivity index (χ0v) is 19.1. The molecule has 3 rings (SSSR count). The number of rotatable bonds is 8. The fraction of sp³-hybridized carbons (Fsp3) is 0.240. The number of aromatic nitrogens is 1. The molecule has 0 aliphatic heterocycles. The zero-order chi connectivity index (χ0) is 24.0. The Hall–Kier alpha value is -3.94. The fourth-order valence-electron chi connectivity index (χ4n) is 3.31. The normalized spacial score (nSPS) is 11.1. The summed E-state index contributed by atoms with van der Waals surface area (Å²) in [6, 6.07) is 14.9. The van der Waals surface area contributed by atoms with Crippen molar-refractivity contribution in [1.29, 1.82) is 0 Å². The first-order valence-corrected chi connectivity index (χ1v) is 10.6. The van der Waals surface area contributed by atoms with Crippen LogP contribution >= 0.6 is 0 Å². The molecular formula is C25H27FN4O3. The number of aryl methyl sites for hydroxylation is 1. The number of hydrogen-bond acceptors (Lipinski definition) is 5. The van der Waals surface area contributed by atoms with E-state index in [0.29, 0.717) is 11.3 Å². The van der Waals surface area contributed by atoms with E-state index in [-0.39, 0.29) is 30.3 Å². The van der Waals surface area contributed by atoms with Crippen molar-refractivity contribution in [1.82, 2.24) is 9.99 Å². The summed E-state index contributed by atoms with van der Waals surface area (Å²) in [5, 5.41) is 6.94. The van der Waals surface area contributed by atoms with Crippen molar-refractivity contribution in [2.24, 2.45) is 5.10 Å². The highest BCUT2D eigenvalue weighted by molar-refractivity contribution is 5.90. The first-order chi connectivity index (χ1) is 15.7. The van der Waals surface area contributed by atoms with Crippen LogP contribution in [0.25, 0.3) is 5.69 Å². The van der Waals surface area contributed by atoms with Gasteiger partial charge in [0.1, 0.15) is 5.82 Å². The number of carbonyl (C=O) groups excluding carboxylic acids is 2. The molecule has 0 unspecified atom stereocenters. The van der Waals surface area contributed by atoms with Crippen molar-refractivity contribution >= 4 is 23.8 Å². The van der Waals surface area contributed by atoms with Crippen LogP contribution in [0.4, 0.5) is 10.1 Å². The van der Waals surface area contributed by atoms with Crippen LogP contribution in [0.15, 0.2) is 59.7 Å². The maximum absolute atomic E-state index is 12.9. The molecule has 0 bridgehead atoms. The fourth-order valence-corrected chi connectivity index (χ4v) is 3.31. The Bertz CT molecular complexity index is 1150. The van der Waals surface area contributed by atoms with Crippen molar-refractivity contribution in [2.45, 2.75) is 33.8 Å². The average Bonchev–Trinajstić information content (AvgIpc) is 3.06. The molecule has 1 heterocycles. The lowest BCUT2D eigenvalue weighted by Crippen LogP contribution is -2.25. The van der Waals surface area contributed by atoms with Crippen LogP contribution in [-0.4, -0.2) is 35.3 Å². The van der Waals surface area contributed by atoms with Gasteiger partial charge >= 0.3 is 5.97 Å². The van der Waals surface area contributed by atoms with Gasteiger partial charge in [0.2, 0.25) is 0 Å². The number of carbonyl (C=O) groups is 2. The molecule has 0 aliphatic rings. The Morgan fingerprint density at radius 2 is 1.76 bits per heavy atom. The van der Waals surface area contributed by atoms with E-state index in [0.717, 1.165) is 22.6 Å². The third kappa shape index (κ3) is 6.29. The van der Waals surface area contributed by atoms with Crippen LogP contribution < -0.4 is 10.7 Å². The van der Waals surface area contributed by atoms with Crippen LogP contribution in [0.2, 0.25) is 0 Å². The number of anilines is 1. The molecule has 1 aromatic heterocycles. The van der Waals surface area contributed by atoms with Crippen molar-refractivity contribution in [3.05, 3.63) is 82.9 Å². The van der Waals surface area contributed by atoms with E-state index in [1.807, 2.05) is 50.5 Å². The lowest BCUT2D eigenvalue weighted by Gasteiger charge is -2.11. The number of ether oxygens (including phenoxy) is 1. The van der Waals surface area contributed by atoms with Crippen LogP contribution in [-0.2, 0) is 9.53 Å². The Morgan fingerprint density at radius 3 is 2.39 bits per heavy atom. The summed E-state index contributed by atoms with van der Waals surface area (Å²) in [5.74, 6) is -1.01. The molecule has 3 aromatic rings. The number of halogens is 1. The van der Waals surface area contributed by atoms with Crippen molar-refractivity contribution < 1.29 is 18.7 Å². The molecule has 1 amide bonds. The summed E-state index contributed by atoms with van der Waals surface area (Å²) < 4.78 is 20.2. The number of nitrogens with zero attached hydrogens (tertiary/aromatic N) is 2.